The molecule has 0 radical (unpaired) electrons. The van der Waals surface area contributed by atoms with Gasteiger partial charge in [-0.2, -0.15) is 10.3 Å². The van der Waals surface area contributed by atoms with Gasteiger partial charge in [-0.15, -0.1) is 9.89 Å². The van der Waals surface area contributed by atoms with E-state index in [4.69, 9.17) is 0 Å². The van der Waals surface area contributed by atoms with Gasteiger partial charge >= 0.3 is 5.56 Å². The summed E-state index contributed by atoms with van der Waals surface area (Å²) in [5, 5.41) is 12.9. The van der Waals surface area contributed by atoms with Crippen molar-refractivity contribution < 1.29 is 4.79 Å². The number of nitrogens with one attached hydrogen (secondary N) is 2. The van der Waals surface area contributed by atoms with E-state index in [1.165, 1.54) is 6.21 Å². The van der Waals surface area contributed by atoms with E-state index in [-0.39, 0.29) is 5.69 Å². The van der Waals surface area contributed by atoms with Crippen molar-refractivity contribution in [3.05, 3.63) is 87.3 Å². The van der Waals surface area contributed by atoms with Crippen LogP contribution in [0, 0.1) is 6.92 Å². The number of nitrogens with zero attached hydrogens (tertiary/aromatic N) is 3. The highest BCUT2D eigenvalue weighted by Crippen LogP contribution is 2.00. The predicted molar refractivity (Wildman–Crippen MR) is 94.6 cm³/mol. The molecule has 0 atom stereocenters. The number of H-pyrrole nitrogens is 1. The number of aromatic nitrogens is 3. The number of hydrogen-bond donors (Lipinski definition) is 2. The van der Waals surface area contributed by atoms with E-state index in [9.17, 15) is 9.59 Å². The van der Waals surface area contributed by atoms with Gasteiger partial charge in [0, 0.05) is 6.54 Å². The maximum absolute atomic E-state index is 12.2. The number of benzene rings is 2. The normalized spacial score (nSPS) is 10.9. The molecule has 7 heteroatoms. The highest BCUT2D eigenvalue weighted by molar-refractivity contribution is 5.91. The number of amides is 1. The molecule has 0 saturated carbocycles. The quantitative estimate of drug-likeness (QED) is 0.695. The van der Waals surface area contributed by atoms with Crippen molar-refractivity contribution in [3.8, 4) is 0 Å². The van der Waals surface area contributed by atoms with E-state index < -0.39 is 11.5 Å². The summed E-state index contributed by atoms with van der Waals surface area (Å²) in [6, 6.07) is 17.1. The first-order valence-corrected chi connectivity index (χ1v) is 7.74. The third-order valence-electron chi connectivity index (χ3n) is 3.56. The molecule has 0 bridgehead atoms. The first kappa shape index (κ1) is 16.4. The Kier molecular flexibility index (Phi) is 4.84. The Labute approximate surface area is 144 Å². The van der Waals surface area contributed by atoms with Gasteiger partial charge in [0.2, 0.25) is 5.69 Å². The molecule has 0 saturated heterocycles. The fraction of sp³-hybridized carbons (Fsp3) is 0.111. The topological polar surface area (TPSA) is 92.1 Å². The molecule has 0 fully saturated rings. The standard InChI is InChI=1S/C18H17N5O2/c1-13-7-9-15(10-8-13)12-20-23-18(25)16(21-22-23)17(24)19-11-14-5-3-2-4-6-14/h2-10,12,22H,11H2,1H3,(H,19,24)/b20-12-. The summed E-state index contributed by atoms with van der Waals surface area (Å²) in [6.07, 6.45) is 1.52. The number of carbonyl (C=O) groups is 1. The second-order valence-electron chi connectivity index (χ2n) is 5.50. The molecule has 1 aromatic heterocycles. The first-order valence-electron chi connectivity index (χ1n) is 7.74. The summed E-state index contributed by atoms with van der Waals surface area (Å²) in [7, 11) is 0. The SMILES string of the molecule is Cc1ccc(/C=N\n2[nH]nc(C(=O)NCc3ccccc3)c2=O)cc1. The zero-order valence-corrected chi connectivity index (χ0v) is 13.6. The Morgan fingerprint density at radius 1 is 1.20 bits per heavy atom. The molecule has 0 aliphatic rings. The molecule has 2 aromatic carbocycles. The van der Waals surface area contributed by atoms with Crippen LogP contribution in [0.1, 0.15) is 27.2 Å². The predicted octanol–water partition coefficient (Wildman–Crippen LogP) is 1.69. The fourth-order valence-corrected chi connectivity index (χ4v) is 2.16. The first-order chi connectivity index (χ1) is 12.1. The minimum Gasteiger partial charge on any atom is -0.346 e. The molecule has 0 aliphatic heterocycles. The van der Waals surface area contributed by atoms with Gasteiger partial charge in [0.25, 0.3) is 5.91 Å². The van der Waals surface area contributed by atoms with Crippen LogP contribution in [0.2, 0.25) is 0 Å². The zero-order valence-electron chi connectivity index (χ0n) is 13.6. The van der Waals surface area contributed by atoms with E-state index in [1.54, 1.807) is 0 Å². The van der Waals surface area contributed by atoms with Gasteiger partial charge in [0.05, 0.1) is 6.21 Å². The number of carbonyl (C=O) groups excluding carboxylic acids is 1. The summed E-state index contributed by atoms with van der Waals surface area (Å²) in [4.78, 5) is 25.2. The molecular weight excluding hydrogens is 318 g/mol. The monoisotopic (exact) mass is 335 g/mol. The summed E-state index contributed by atoms with van der Waals surface area (Å²) in [5.41, 5.74) is 2.07. The van der Waals surface area contributed by atoms with Crippen molar-refractivity contribution in [1.29, 1.82) is 0 Å². The van der Waals surface area contributed by atoms with E-state index in [2.05, 4.69) is 20.7 Å². The van der Waals surface area contributed by atoms with Crippen molar-refractivity contribution in [3.63, 3.8) is 0 Å². The van der Waals surface area contributed by atoms with Crippen LogP contribution in [0.3, 0.4) is 0 Å². The summed E-state index contributed by atoms with van der Waals surface area (Å²) >= 11 is 0. The lowest BCUT2D eigenvalue weighted by Gasteiger charge is -2.01. The van der Waals surface area contributed by atoms with Crippen LogP contribution in [0.4, 0.5) is 0 Å². The van der Waals surface area contributed by atoms with Crippen LogP contribution in [-0.2, 0) is 6.54 Å². The highest BCUT2D eigenvalue weighted by atomic mass is 16.2. The van der Waals surface area contributed by atoms with E-state index in [1.807, 2.05) is 61.5 Å². The van der Waals surface area contributed by atoms with Crippen molar-refractivity contribution in [2.45, 2.75) is 13.5 Å². The molecule has 1 amide bonds. The smallest absolute Gasteiger partial charge is 0.320 e. The molecule has 1 heterocycles. The van der Waals surface area contributed by atoms with Crippen LogP contribution in [0.25, 0.3) is 0 Å². The molecule has 3 aromatic rings. The van der Waals surface area contributed by atoms with Crippen molar-refractivity contribution in [2.75, 3.05) is 0 Å². The second kappa shape index (κ2) is 7.39. The third-order valence-corrected chi connectivity index (χ3v) is 3.56. The Morgan fingerprint density at radius 2 is 1.92 bits per heavy atom. The van der Waals surface area contributed by atoms with Gasteiger partial charge in [-0.05, 0) is 18.1 Å². The molecule has 7 nitrogen and oxygen atoms in total. The lowest BCUT2D eigenvalue weighted by atomic mass is 10.2. The highest BCUT2D eigenvalue weighted by Gasteiger charge is 2.16. The van der Waals surface area contributed by atoms with Crippen LogP contribution >= 0.6 is 0 Å². The summed E-state index contributed by atoms with van der Waals surface area (Å²) in [5.74, 6) is -0.547. The molecular formula is C18H17N5O2. The fourth-order valence-electron chi connectivity index (χ4n) is 2.16. The van der Waals surface area contributed by atoms with Crippen molar-refractivity contribution in [2.24, 2.45) is 5.10 Å². The molecule has 126 valence electrons. The Morgan fingerprint density at radius 3 is 2.64 bits per heavy atom. The van der Waals surface area contributed by atoms with E-state index >= 15 is 0 Å². The van der Waals surface area contributed by atoms with Crippen molar-refractivity contribution in [1.82, 2.24) is 20.4 Å². The average molecular weight is 335 g/mol. The van der Waals surface area contributed by atoms with Gasteiger partial charge in [-0.3, -0.25) is 9.59 Å². The second-order valence-corrected chi connectivity index (χ2v) is 5.50. The number of rotatable bonds is 5. The largest absolute Gasteiger partial charge is 0.346 e. The van der Waals surface area contributed by atoms with Gasteiger partial charge < -0.3 is 5.32 Å². The molecule has 2 N–H and O–H groups in total. The lowest BCUT2D eigenvalue weighted by molar-refractivity contribution is 0.0944. The van der Waals surface area contributed by atoms with Crippen LogP contribution in [-0.4, -0.2) is 27.2 Å². The van der Waals surface area contributed by atoms with E-state index in [0.717, 1.165) is 21.5 Å². The number of aryl methyl sites for hydroxylation is 1. The number of aromatic amines is 1. The Bertz CT molecular complexity index is 940. The maximum atomic E-state index is 12.2. The van der Waals surface area contributed by atoms with Gasteiger partial charge in [0.15, 0.2) is 0 Å². The summed E-state index contributed by atoms with van der Waals surface area (Å²) in [6.45, 7) is 2.30. The molecule has 0 aliphatic carbocycles. The maximum Gasteiger partial charge on any atom is 0.320 e. The summed E-state index contributed by atoms with van der Waals surface area (Å²) < 4.78 is 0. The molecule has 3 rings (SSSR count). The van der Waals surface area contributed by atoms with E-state index in [0.29, 0.717) is 6.54 Å². The van der Waals surface area contributed by atoms with Crippen LogP contribution in [0.15, 0.2) is 64.5 Å². The van der Waals surface area contributed by atoms with Gasteiger partial charge in [-0.25, -0.2) is 0 Å². The lowest BCUT2D eigenvalue weighted by Crippen LogP contribution is -2.29. The molecule has 25 heavy (non-hydrogen) atoms. The Balaban J connectivity index is 1.69. The minimum absolute atomic E-state index is 0.225. The van der Waals surface area contributed by atoms with Crippen LogP contribution in [0.5, 0.6) is 0 Å². The Hall–Kier alpha value is -3.48. The number of hydrogen-bond acceptors (Lipinski definition) is 4. The average Bonchev–Trinajstić information content (AvgIpc) is 3.01. The third kappa shape index (κ3) is 4.08. The van der Waals surface area contributed by atoms with Gasteiger partial charge in [-0.1, -0.05) is 60.2 Å². The molecule has 0 spiro atoms. The molecule has 0 unspecified atom stereocenters. The van der Waals surface area contributed by atoms with Gasteiger partial charge in [0.1, 0.15) is 0 Å². The zero-order chi connectivity index (χ0) is 17.6. The van der Waals surface area contributed by atoms with Crippen molar-refractivity contribution >= 4 is 12.1 Å². The minimum atomic E-state index is -0.603. The van der Waals surface area contributed by atoms with Crippen LogP contribution < -0.4 is 10.9 Å².